The van der Waals surface area contributed by atoms with Crippen molar-refractivity contribution >= 4 is 44.9 Å². The monoisotopic (exact) mass is 391 g/mol. The van der Waals surface area contributed by atoms with E-state index in [9.17, 15) is 4.79 Å². The lowest BCUT2D eigenvalue weighted by atomic mass is 10.0. The SMILES string of the molecule is CC(C)c1ccc(NC(=S)NNC(=O)c2ccccc2Br)cc1. The molecule has 0 atom stereocenters. The maximum Gasteiger partial charge on any atom is 0.270 e. The number of nitrogens with one attached hydrogen (secondary N) is 3. The standard InChI is InChI=1S/C17H18BrN3OS/c1-11(2)12-7-9-13(10-8-12)19-17(23)21-20-16(22)14-5-3-4-6-15(14)18/h3-11H,1-2H3,(H,20,22)(H2,19,21,23). The molecule has 0 saturated carbocycles. The number of halogens is 1. The topological polar surface area (TPSA) is 53.2 Å². The number of hydrogen-bond acceptors (Lipinski definition) is 2. The van der Waals surface area contributed by atoms with Crippen LogP contribution in [0.25, 0.3) is 0 Å². The summed E-state index contributed by atoms with van der Waals surface area (Å²) >= 11 is 8.51. The Bertz CT molecular complexity index is 701. The first-order valence-corrected chi connectivity index (χ1v) is 8.39. The molecule has 0 aliphatic heterocycles. The number of carbonyl (C=O) groups excluding carboxylic acids is 1. The molecule has 0 radical (unpaired) electrons. The van der Waals surface area contributed by atoms with Crippen LogP contribution >= 0.6 is 28.1 Å². The number of benzene rings is 2. The quantitative estimate of drug-likeness (QED) is 0.541. The fraction of sp³-hybridized carbons (Fsp3) is 0.176. The van der Waals surface area contributed by atoms with Crippen LogP contribution in [-0.2, 0) is 0 Å². The summed E-state index contributed by atoms with van der Waals surface area (Å²) in [5.74, 6) is 0.217. The minimum Gasteiger partial charge on any atom is -0.331 e. The van der Waals surface area contributed by atoms with Crippen molar-refractivity contribution in [3.8, 4) is 0 Å². The van der Waals surface area contributed by atoms with Gasteiger partial charge in [-0.3, -0.25) is 15.6 Å². The number of anilines is 1. The molecule has 0 spiro atoms. The lowest BCUT2D eigenvalue weighted by Crippen LogP contribution is -2.43. The predicted octanol–water partition coefficient (Wildman–Crippen LogP) is 4.20. The van der Waals surface area contributed by atoms with Crippen LogP contribution in [0, 0.1) is 0 Å². The van der Waals surface area contributed by atoms with Gasteiger partial charge in [-0.25, -0.2) is 0 Å². The molecule has 0 unspecified atom stereocenters. The zero-order chi connectivity index (χ0) is 16.8. The number of thiocarbonyl (C=S) groups is 1. The molecule has 0 fully saturated rings. The summed E-state index contributed by atoms with van der Waals surface area (Å²) in [6.07, 6.45) is 0. The number of rotatable bonds is 3. The van der Waals surface area contributed by atoms with Gasteiger partial charge in [0.1, 0.15) is 0 Å². The van der Waals surface area contributed by atoms with Gasteiger partial charge in [-0.05, 0) is 63.9 Å². The van der Waals surface area contributed by atoms with Gasteiger partial charge >= 0.3 is 0 Å². The van der Waals surface area contributed by atoms with Gasteiger partial charge in [0.2, 0.25) is 0 Å². The smallest absolute Gasteiger partial charge is 0.270 e. The van der Waals surface area contributed by atoms with Crippen LogP contribution in [0.15, 0.2) is 53.0 Å². The molecule has 2 aromatic rings. The average Bonchev–Trinajstić information content (AvgIpc) is 2.53. The number of carbonyl (C=O) groups is 1. The van der Waals surface area contributed by atoms with E-state index < -0.39 is 0 Å². The number of hydrazine groups is 1. The van der Waals surface area contributed by atoms with Crippen LogP contribution < -0.4 is 16.2 Å². The van der Waals surface area contributed by atoms with Gasteiger partial charge in [-0.1, -0.05) is 38.1 Å². The zero-order valence-electron chi connectivity index (χ0n) is 12.9. The van der Waals surface area contributed by atoms with E-state index in [1.807, 2.05) is 24.3 Å². The summed E-state index contributed by atoms with van der Waals surface area (Å²) in [6, 6.07) is 15.2. The van der Waals surface area contributed by atoms with E-state index >= 15 is 0 Å². The van der Waals surface area contributed by atoms with Crippen LogP contribution in [0.4, 0.5) is 5.69 Å². The first-order valence-electron chi connectivity index (χ1n) is 7.19. The fourth-order valence-corrected chi connectivity index (χ4v) is 2.57. The molecule has 0 aromatic heterocycles. The molecular weight excluding hydrogens is 374 g/mol. The molecule has 0 aliphatic rings. The van der Waals surface area contributed by atoms with Gasteiger partial charge in [0, 0.05) is 10.2 Å². The van der Waals surface area contributed by atoms with Crippen LogP contribution in [0.5, 0.6) is 0 Å². The van der Waals surface area contributed by atoms with E-state index in [-0.39, 0.29) is 5.91 Å². The summed E-state index contributed by atoms with van der Waals surface area (Å²) in [5, 5.41) is 3.35. The largest absolute Gasteiger partial charge is 0.331 e. The van der Waals surface area contributed by atoms with E-state index in [0.717, 1.165) is 10.2 Å². The highest BCUT2D eigenvalue weighted by molar-refractivity contribution is 9.10. The zero-order valence-corrected chi connectivity index (χ0v) is 15.3. The number of amides is 1. The molecule has 2 aromatic carbocycles. The Kier molecular flexibility index (Phi) is 6.12. The highest BCUT2D eigenvalue weighted by Gasteiger charge is 2.09. The molecule has 4 nitrogen and oxygen atoms in total. The van der Waals surface area contributed by atoms with E-state index in [1.54, 1.807) is 12.1 Å². The Balaban J connectivity index is 1.88. The van der Waals surface area contributed by atoms with E-state index in [2.05, 4.69) is 58.1 Å². The van der Waals surface area contributed by atoms with Crippen molar-refractivity contribution in [2.24, 2.45) is 0 Å². The summed E-state index contributed by atoms with van der Waals surface area (Å²) in [6.45, 7) is 4.29. The minimum atomic E-state index is -0.267. The van der Waals surface area contributed by atoms with Gasteiger partial charge in [0.15, 0.2) is 5.11 Å². The van der Waals surface area contributed by atoms with Gasteiger partial charge in [-0.2, -0.15) is 0 Å². The highest BCUT2D eigenvalue weighted by Crippen LogP contribution is 2.17. The van der Waals surface area contributed by atoms with Crippen molar-refractivity contribution in [2.75, 3.05) is 5.32 Å². The maximum atomic E-state index is 12.1. The molecule has 3 N–H and O–H groups in total. The summed E-state index contributed by atoms with van der Waals surface area (Å²) in [5.41, 5.74) is 7.92. The second-order valence-electron chi connectivity index (χ2n) is 5.29. The average molecular weight is 392 g/mol. The van der Waals surface area contributed by atoms with Crippen LogP contribution in [0.3, 0.4) is 0 Å². The third-order valence-corrected chi connectivity index (χ3v) is 4.14. The molecule has 0 heterocycles. The predicted molar refractivity (Wildman–Crippen MR) is 101 cm³/mol. The van der Waals surface area contributed by atoms with Gasteiger partial charge in [-0.15, -0.1) is 0 Å². The minimum absolute atomic E-state index is 0.267. The van der Waals surface area contributed by atoms with Crippen molar-refractivity contribution in [1.29, 1.82) is 0 Å². The first-order chi connectivity index (χ1) is 11.0. The Morgan fingerprint density at radius 3 is 2.30 bits per heavy atom. The Hall–Kier alpha value is -1.92. The molecule has 0 bridgehead atoms. The van der Waals surface area contributed by atoms with Crippen LogP contribution in [0.1, 0.15) is 35.7 Å². The number of hydrogen-bond donors (Lipinski definition) is 3. The van der Waals surface area contributed by atoms with E-state index in [1.165, 1.54) is 5.56 Å². The third kappa shape index (κ3) is 5.04. The second-order valence-corrected chi connectivity index (χ2v) is 6.55. The van der Waals surface area contributed by atoms with Crippen molar-refractivity contribution in [2.45, 2.75) is 19.8 Å². The molecule has 0 aliphatic carbocycles. The van der Waals surface area contributed by atoms with Crippen molar-refractivity contribution in [1.82, 2.24) is 10.9 Å². The fourth-order valence-electron chi connectivity index (χ4n) is 1.94. The van der Waals surface area contributed by atoms with E-state index in [0.29, 0.717) is 16.6 Å². The molecule has 0 saturated heterocycles. The summed E-state index contributed by atoms with van der Waals surface area (Å²) in [7, 11) is 0. The van der Waals surface area contributed by atoms with Gasteiger partial charge < -0.3 is 5.32 Å². The third-order valence-electron chi connectivity index (χ3n) is 3.24. The van der Waals surface area contributed by atoms with Gasteiger partial charge in [0.05, 0.1) is 5.56 Å². The molecule has 120 valence electrons. The van der Waals surface area contributed by atoms with E-state index in [4.69, 9.17) is 12.2 Å². The lowest BCUT2D eigenvalue weighted by molar-refractivity contribution is 0.0943. The van der Waals surface area contributed by atoms with Crippen molar-refractivity contribution in [3.05, 3.63) is 64.1 Å². The molecule has 23 heavy (non-hydrogen) atoms. The maximum absolute atomic E-state index is 12.1. The molecule has 6 heteroatoms. The van der Waals surface area contributed by atoms with Crippen LogP contribution in [0.2, 0.25) is 0 Å². The second kappa shape index (κ2) is 8.08. The lowest BCUT2D eigenvalue weighted by Gasteiger charge is -2.13. The van der Waals surface area contributed by atoms with Crippen molar-refractivity contribution < 1.29 is 4.79 Å². The normalized spacial score (nSPS) is 10.3. The first kappa shape index (κ1) is 17.4. The van der Waals surface area contributed by atoms with Crippen molar-refractivity contribution in [3.63, 3.8) is 0 Å². The van der Waals surface area contributed by atoms with Gasteiger partial charge in [0.25, 0.3) is 5.91 Å². The summed E-state index contributed by atoms with van der Waals surface area (Å²) < 4.78 is 0.724. The summed E-state index contributed by atoms with van der Waals surface area (Å²) in [4.78, 5) is 12.1. The Labute approximate surface area is 149 Å². The van der Waals surface area contributed by atoms with Crippen LogP contribution in [-0.4, -0.2) is 11.0 Å². The molecule has 2 rings (SSSR count). The Morgan fingerprint density at radius 2 is 1.70 bits per heavy atom. The highest BCUT2D eigenvalue weighted by atomic mass is 79.9. The Morgan fingerprint density at radius 1 is 1.04 bits per heavy atom. The molecule has 1 amide bonds. The molecular formula is C17H18BrN3OS.